The van der Waals surface area contributed by atoms with Crippen LogP contribution < -0.4 is 0 Å². The summed E-state index contributed by atoms with van der Waals surface area (Å²) in [5.74, 6) is 0. The molecule has 4 heteroatoms. The van der Waals surface area contributed by atoms with Crippen LogP contribution in [0, 0.1) is 11.3 Å². The maximum atomic E-state index is 9.95. The molecule has 1 rings (SSSR count). The number of rotatable bonds is 2. The van der Waals surface area contributed by atoms with Crippen LogP contribution in [-0.4, -0.2) is 25.3 Å². The van der Waals surface area contributed by atoms with Crippen molar-refractivity contribution >= 4 is 17.6 Å². The van der Waals surface area contributed by atoms with Crippen molar-refractivity contribution in [2.45, 2.75) is 0 Å². The topological polar surface area (TPSA) is 44.1 Å². The first-order valence-corrected chi connectivity index (χ1v) is 4.85. The first kappa shape index (κ1) is 12.4. The van der Waals surface area contributed by atoms with E-state index in [4.69, 9.17) is 5.26 Å². The molecule has 0 spiro atoms. The fourth-order valence-corrected chi connectivity index (χ4v) is 1.04. The first-order chi connectivity index (χ1) is 6.70. The number of carbonyl (C=O) groups excluding carboxylic acids is 1. The Morgan fingerprint density at radius 2 is 2.00 bits per heavy atom. The zero-order chi connectivity index (χ0) is 10.8. The number of aldehydes is 1. The lowest BCUT2D eigenvalue weighted by atomic mass is 10.3. The lowest BCUT2D eigenvalue weighted by molar-refractivity contribution is -0.104. The Bertz CT molecular complexity index is 292. The number of thiophene rings is 1. The van der Waals surface area contributed by atoms with Crippen molar-refractivity contribution in [1.29, 1.82) is 5.26 Å². The summed E-state index contributed by atoms with van der Waals surface area (Å²) in [6, 6.07) is 5.77. The fourth-order valence-electron chi connectivity index (χ4n) is 0.591. The van der Waals surface area contributed by atoms with Crippen LogP contribution in [0.4, 0.5) is 0 Å². The molecule has 0 unspecified atom stereocenters. The standard InChI is InChI=1S/C6H8N2O.C4H4S/c1-8(2)4-6(3-7)5-9;1-2-4-5-3-1/h4-5H,1-2H3;1-4H. The van der Waals surface area contributed by atoms with Crippen LogP contribution in [0.25, 0.3) is 0 Å². The van der Waals surface area contributed by atoms with Gasteiger partial charge in [0.1, 0.15) is 11.6 Å². The van der Waals surface area contributed by atoms with Crippen molar-refractivity contribution in [2.75, 3.05) is 14.1 Å². The van der Waals surface area contributed by atoms with Crippen molar-refractivity contribution in [3.63, 3.8) is 0 Å². The Labute approximate surface area is 87.9 Å². The number of hydrogen-bond acceptors (Lipinski definition) is 4. The largest absolute Gasteiger partial charge is 0.382 e. The Morgan fingerprint density at radius 3 is 2.14 bits per heavy atom. The van der Waals surface area contributed by atoms with Gasteiger partial charge in [-0.2, -0.15) is 16.6 Å². The first-order valence-electron chi connectivity index (χ1n) is 3.91. The highest BCUT2D eigenvalue weighted by Crippen LogP contribution is 1.91. The molecule has 0 aliphatic rings. The highest BCUT2D eigenvalue weighted by atomic mass is 32.1. The quantitative estimate of drug-likeness (QED) is 0.423. The van der Waals surface area contributed by atoms with Gasteiger partial charge in [-0.1, -0.05) is 12.1 Å². The second-order valence-electron chi connectivity index (χ2n) is 2.57. The van der Waals surface area contributed by atoms with Gasteiger partial charge in [0, 0.05) is 20.3 Å². The Balaban J connectivity index is 0.000000280. The summed E-state index contributed by atoms with van der Waals surface area (Å²) in [7, 11) is 3.50. The summed E-state index contributed by atoms with van der Waals surface area (Å²) < 4.78 is 0. The number of hydrogen-bond donors (Lipinski definition) is 0. The monoisotopic (exact) mass is 208 g/mol. The Hall–Kier alpha value is -1.60. The number of nitriles is 1. The molecular formula is C10H12N2OS. The van der Waals surface area contributed by atoms with Crippen molar-refractivity contribution in [1.82, 2.24) is 4.90 Å². The third-order valence-corrected chi connectivity index (χ3v) is 1.71. The zero-order valence-corrected chi connectivity index (χ0v) is 8.99. The van der Waals surface area contributed by atoms with Crippen LogP contribution in [0.15, 0.2) is 34.7 Å². The van der Waals surface area contributed by atoms with Crippen LogP contribution in [0.5, 0.6) is 0 Å². The molecule has 1 heterocycles. The Kier molecular flexibility index (Phi) is 7.10. The highest BCUT2D eigenvalue weighted by molar-refractivity contribution is 7.07. The number of allylic oxidation sites excluding steroid dienone is 1. The highest BCUT2D eigenvalue weighted by Gasteiger charge is 1.89. The smallest absolute Gasteiger partial charge is 0.162 e. The van der Waals surface area contributed by atoms with Crippen LogP contribution in [-0.2, 0) is 4.79 Å². The molecule has 0 atom stereocenters. The van der Waals surface area contributed by atoms with Crippen molar-refractivity contribution in [3.05, 3.63) is 34.7 Å². The molecular weight excluding hydrogens is 196 g/mol. The molecule has 0 saturated carbocycles. The lowest BCUT2D eigenvalue weighted by Crippen LogP contribution is -2.02. The fraction of sp³-hybridized carbons (Fsp3) is 0.200. The molecule has 1 aromatic rings. The summed E-state index contributed by atoms with van der Waals surface area (Å²) in [6.07, 6.45) is 1.99. The summed E-state index contributed by atoms with van der Waals surface area (Å²) in [5.41, 5.74) is 0.139. The SMILES string of the molecule is CN(C)C=C(C#N)C=O.c1ccsc1. The summed E-state index contributed by atoms with van der Waals surface area (Å²) in [4.78, 5) is 11.6. The average molecular weight is 208 g/mol. The zero-order valence-electron chi connectivity index (χ0n) is 8.18. The van der Waals surface area contributed by atoms with Crippen molar-refractivity contribution in [2.24, 2.45) is 0 Å². The van der Waals surface area contributed by atoms with Crippen molar-refractivity contribution < 1.29 is 4.79 Å². The maximum Gasteiger partial charge on any atom is 0.162 e. The van der Waals surface area contributed by atoms with Gasteiger partial charge in [-0.05, 0) is 10.8 Å². The molecule has 1 aromatic heterocycles. The third-order valence-electron chi connectivity index (χ3n) is 1.08. The minimum atomic E-state index is 0.139. The number of nitrogens with zero attached hydrogens (tertiary/aromatic N) is 2. The van der Waals surface area contributed by atoms with Gasteiger partial charge in [-0.25, -0.2) is 0 Å². The van der Waals surface area contributed by atoms with Gasteiger partial charge < -0.3 is 4.90 Å². The van der Waals surface area contributed by atoms with E-state index in [9.17, 15) is 4.79 Å². The Morgan fingerprint density at radius 1 is 1.43 bits per heavy atom. The van der Waals surface area contributed by atoms with Gasteiger partial charge in [0.05, 0.1) is 0 Å². The van der Waals surface area contributed by atoms with Crippen LogP contribution in [0.2, 0.25) is 0 Å². The predicted octanol–water partition coefficient (Wildman–Crippen LogP) is 1.90. The molecule has 0 fully saturated rings. The second-order valence-corrected chi connectivity index (χ2v) is 3.39. The molecule has 14 heavy (non-hydrogen) atoms. The molecule has 3 nitrogen and oxygen atoms in total. The molecule has 0 N–H and O–H groups in total. The summed E-state index contributed by atoms with van der Waals surface area (Å²) in [6.45, 7) is 0. The van der Waals surface area contributed by atoms with E-state index in [1.54, 1.807) is 36.4 Å². The molecule has 0 aliphatic heterocycles. The van der Waals surface area contributed by atoms with E-state index < -0.39 is 0 Å². The predicted molar refractivity (Wildman–Crippen MR) is 57.8 cm³/mol. The number of carbonyl (C=O) groups is 1. The molecule has 0 radical (unpaired) electrons. The third kappa shape index (κ3) is 7.07. The van der Waals surface area contributed by atoms with E-state index in [-0.39, 0.29) is 5.57 Å². The second kappa shape index (κ2) is 8.02. The molecule has 0 aromatic carbocycles. The molecule has 0 saturated heterocycles. The minimum absolute atomic E-state index is 0.139. The molecule has 74 valence electrons. The van der Waals surface area contributed by atoms with Gasteiger partial charge in [-0.15, -0.1) is 0 Å². The average Bonchev–Trinajstić information content (AvgIpc) is 2.71. The van der Waals surface area contributed by atoms with Gasteiger partial charge in [0.25, 0.3) is 0 Å². The van der Waals surface area contributed by atoms with E-state index in [1.165, 1.54) is 6.20 Å². The summed E-state index contributed by atoms with van der Waals surface area (Å²) >= 11 is 1.71. The van der Waals surface area contributed by atoms with Gasteiger partial charge >= 0.3 is 0 Å². The lowest BCUT2D eigenvalue weighted by Gasteiger charge is -2.01. The van der Waals surface area contributed by atoms with E-state index in [2.05, 4.69) is 0 Å². The normalized spacial score (nSPS) is 9.36. The van der Waals surface area contributed by atoms with Crippen LogP contribution >= 0.6 is 11.3 Å². The van der Waals surface area contributed by atoms with Gasteiger partial charge in [0.2, 0.25) is 0 Å². The molecule has 0 amide bonds. The van der Waals surface area contributed by atoms with E-state index in [0.717, 1.165) is 0 Å². The van der Waals surface area contributed by atoms with Crippen LogP contribution in [0.1, 0.15) is 0 Å². The maximum absolute atomic E-state index is 9.95. The summed E-state index contributed by atoms with van der Waals surface area (Å²) in [5, 5.41) is 12.3. The van der Waals surface area contributed by atoms with Gasteiger partial charge in [0.15, 0.2) is 6.29 Å². The van der Waals surface area contributed by atoms with Crippen LogP contribution in [0.3, 0.4) is 0 Å². The van der Waals surface area contributed by atoms with E-state index in [1.807, 2.05) is 22.9 Å². The minimum Gasteiger partial charge on any atom is -0.382 e. The molecule has 0 bridgehead atoms. The van der Waals surface area contributed by atoms with Crippen molar-refractivity contribution in [3.8, 4) is 6.07 Å². The molecule has 0 aliphatic carbocycles. The van der Waals surface area contributed by atoms with E-state index >= 15 is 0 Å². The van der Waals surface area contributed by atoms with Gasteiger partial charge in [-0.3, -0.25) is 4.79 Å². The van der Waals surface area contributed by atoms with E-state index in [0.29, 0.717) is 6.29 Å².